The van der Waals surface area contributed by atoms with Crippen LogP contribution in [-0.2, 0) is 0 Å². The van der Waals surface area contributed by atoms with Gasteiger partial charge in [0.15, 0.2) is 5.65 Å². The van der Waals surface area contributed by atoms with Crippen molar-refractivity contribution in [1.82, 2.24) is 15.0 Å². The van der Waals surface area contributed by atoms with Gasteiger partial charge < -0.3 is 10.7 Å². The van der Waals surface area contributed by atoms with Crippen LogP contribution in [-0.4, -0.2) is 19.9 Å². The van der Waals surface area contributed by atoms with Crippen molar-refractivity contribution in [3.8, 4) is 11.4 Å². The number of thiocarbonyl (C=S) groups is 1. The van der Waals surface area contributed by atoms with Crippen molar-refractivity contribution in [2.24, 2.45) is 5.73 Å². The Morgan fingerprint density at radius 1 is 1.22 bits per heavy atom. The summed E-state index contributed by atoms with van der Waals surface area (Å²) in [7, 11) is 0. The summed E-state index contributed by atoms with van der Waals surface area (Å²) in [6.45, 7) is 0. The van der Waals surface area contributed by atoms with Crippen LogP contribution in [0.1, 0.15) is 5.56 Å². The van der Waals surface area contributed by atoms with E-state index in [1.165, 1.54) is 0 Å². The molecule has 0 aliphatic rings. The van der Waals surface area contributed by atoms with Crippen molar-refractivity contribution in [3.63, 3.8) is 0 Å². The van der Waals surface area contributed by atoms with E-state index in [4.69, 9.17) is 18.0 Å². The maximum Gasteiger partial charge on any atom is 0.178 e. The summed E-state index contributed by atoms with van der Waals surface area (Å²) in [6.07, 6.45) is 1.72. The number of imidazole rings is 1. The fraction of sp³-hybridized carbons (Fsp3) is 0. The molecule has 0 aliphatic heterocycles. The van der Waals surface area contributed by atoms with Crippen LogP contribution in [0.4, 0.5) is 0 Å². The first kappa shape index (κ1) is 10.9. The van der Waals surface area contributed by atoms with Crippen LogP contribution < -0.4 is 5.73 Å². The molecule has 0 atom stereocenters. The summed E-state index contributed by atoms with van der Waals surface area (Å²) >= 11 is 4.97. The molecule has 1 aromatic carbocycles. The zero-order valence-corrected chi connectivity index (χ0v) is 10.2. The van der Waals surface area contributed by atoms with Gasteiger partial charge in [0.1, 0.15) is 10.8 Å². The van der Waals surface area contributed by atoms with Crippen LogP contribution in [0.3, 0.4) is 0 Å². The van der Waals surface area contributed by atoms with E-state index in [0.29, 0.717) is 10.6 Å². The Balaban J connectivity index is 2.13. The summed E-state index contributed by atoms with van der Waals surface area (Å²) < 4.78 is 0. The Kier molecular flexibility index (Phi) is 2.53. The highest BCUT2D eigenvalue weighted by molar-refractivity contribution is 7.80. The molecule has 0 fully saturated rings. The first-order valence-corrected chi connectivity index (χ1v) is 5.86. The van der Waals surface area contributed by atoms with Crippen LogP contribution in [0.15, 0.2) is 42.6 Å². The molecule has 0 aliphatic carbocycles. The number of H-pyrrole nitrogens is 1. The molecule has 0 amide bonds. The fourth-order valence-electron chi connectivity index (χ4n) is 1.80. The molecular weight excluding hydrogens is 244 g/mol. The van der Waals surface area contributed by atoms with Crippen LogP contribution in [0.25, 0.3) is 22.6 Å². The molecule has 88 valence electrons. The van der Waals surface area contributed by atoms with E-state index in [1.54, 1.807) is 6.20 Å². The largest absolute Gasteiger partial charge is 0.389 e. The van der Waals surface area contributed by atoms with Crippen LogP contribution >= 0.6 is 12.2 Å². The molecule has 0 unspecified atom stereocenters. The van der Waals surface area contributed by atoms with Gasteiger partial charge in [0, 0.05) is 17.3 Å². The highest BCUT2D eigenvalue weighted by Crippen LogP contribution is 2.20. The first-order chi connectivity index (χ1) is 8.74. The number of nitrogens with one attached hydrogen (secondary N) is 1. The first-order valence-electron chi connectivity index (χ1n) is 5.45. The monoisotopic (exact) mass is 254 g/mol. The minimum Gasteiger partial charge on any atom is -0.389 e. The molecule has 0 saturated heterocycles. The molecule has 3 aromatic rings. The van der Waals surface area contributed by atoms with Gasteiger partial charge in [0.05, 0.1) is 5.52 Å². The molecule has 3 N–H and O–H groups in total. The molecular formula is C13H10N4S. The number of pyridine rings is 1. The summed E-state index contributed by atoms with van der Waals surface area (Å²) in [5.74, 6) is 0.766. The van der Waals surface area contributed by atoms with Crippen molar-refractivity contribution in [3.05, 3.63) is 48.2 Å². The lowest BCUT2D eigenvalue weighted by molar-refractivity contribution is 1.30. The predicted molar refractivity (Wildman–Crippen MR) is 75.2 cm³/mol. The summed E-state index contributed by atoms with van der Waals surface area (Å²) in [5.41, 5.74) is 9.01. The van der Waals surface area contributed by atoms with E-state index >= 15 is 0 Å². The predicted octanol–water partition coefficient (Wildman–Crippen LogP) is 2.26. The Morgan fingerprint density at radius 3 is 2.89 bits per heavy atom. The Labute approximate surface area is 109 Å². The smallest absolute Gasteiger partial charge is 0.178 e. The van der Waals surface area contributed by atoms with Gasteiger partial charge in [-0.25, -0.2) is 9.97 Å². The Hall–Kier alpha value is -2.27. The molecule has 0 bridgehead atoms. The maximum atomic E-state index is 5.62. The van der Waals surface area contributed by atoms with Crippen molar-refractivity contribution in [2.45, 2.75) is 0 Å². The molecule has 5 heteroatoms. The number of aromatic amines is 1. The lowest BCUT2D eigenvalue weighted by atomic mass is 10.1. The SMILES string of the molecule is NC(=S)c1cccc(-c2nc3ncccc3[nH]2)c1. The van der Waals surface area contributed by atoms with Gasteiger partial charge in [-0.15, -0.1) is 0 Å². The van der Waals surface area contributed by atoms with Gasteiger partial charge in [-0.1, -0.05) is 30.4 Å². The third-order valence-corrected chi connectivity index (χ3v) is 2.91. The minimum atomic E-state index is 0.381. The van der Waals surface area contributed by atoms with Gasteiger partial charge in [-0.2, -0.15) is 0 Å². The fourth-order valence-corrected chi connectivity index (χ4v) is 1.93. The number of fused-ring (bicyclic) bond motifs is 1. The standard InChI is InChI=1S/C13H10N4S/c14-11(18)8-3-1-4-9(7-8)12-16-10-5-2-6-15-13(10)17-12/h1-7H,(H2,14,18)(H,15,16,17). The molecule has 3 rings (SSSR count). The number of benzene rings is 1. The molecule has 0 radical (unpaired) electrons. The average Bonchev–Trinajstić information content (AvgIpc) is 2.82. The number of nitrogens with zero attached hydrogens (tertiary/aromatic N) is 2. The molecule has 0 spiro atoms. The van der Waals surface area contributed by atoms with Crippen LogP contribution in [0.2, 0.25) is 0 Å². The van der Waals surface area contributed by atoms with Gasteiger partial charge in [-0.3, -0.25) is 0 Å². The average molecular weight is 254 g/mol. The van der Waals surface area contributed by atoms with E-state index in [0.717, 1.165) is 22.5 Å². The summed E-state index contributed by atoms with van der Waals surface area (Å²) in [6, 6.07) is 11.5. The zero-order valence-electron chi connectivity index (χ0n) is 9.42. The van der Waals surface area contributed by atoms with Crippen molar-refractivity contribution >= 4 is 28.4 Å². The maximum absolute atomic E-state index is 5.62. The second-order valence-corrected chi connectivity index (χ2v) is 4.34. The number of aromatic nitrogens is 3. The van der Waals surface area contributed by atoms with Crippen molar-refractivity contribution in [2.75, 3.05) is 0 Å². The summed E-state index contributed by atoms with van der Waals surface area (Å²) in [5, 5.41) is 0. The van der Waals surface area contributed by atoms with Gasteiger partial charge in [0.2, 0.25) is 0 Å². The third kappa shape index (κ3) is 1.84. The normalized spacial score (nSPS) is 10.7. The molecule has 2 aromatic heterocycles. The second-order valence-electron chi connectivity index (χ2n) is 3.91. The van der Waals surface area contributed by atoms with Crippen molar-refractivity contribution < 1.29 is 0 Å². The highest BCUT2D eigenvalue weighted by Gasteiger charge is 2.06. The van der Waals surface area contributed by atoms with E-state index in [9.17, 15) is 0 Å². The summed E-state index contributed by atoms with van der Waals surface area (Å²) in [4.78, 5) is 12.2. The van der Waals surface area contributed by atoms with E-state index in [1.807, 2.05) is 36.4 Å². The zero-order chi connectivity index (χ0) is 12.5. The quantitative estimate of drug-likeness (QED) is 0.688. The number of hydrogen-bond donors (Lipinski definition) is 2. The topological polar surface area (TPSA) is 67.6 Å². The van der Waals surface area contributed by atoms with E-state index in [-0.39, 0.29) is 0 Å². The van der Waals surface area contributed by atoms with Gasteiger partial charge in [0.25, 0.3) is 0 Å². The second kappa shape index (κ2) is 4.19. The van der Waals surface area contributed by atoms with Gasteiger partial charge in [-0.05, 0) is 18.2 Å². The molecule has 2 heterocycles. The Bertz CT molecular complexity index is 699. The molecule has 0 saturated carbocycles. The number of nitrogens with two attached hydrogens (primary N) is 1. The van der Waals surface area contributed by atoms with E-state index < -0.39 is 0 Å². The number of hydrogen-bond acceptors (Lipinski definition) is 3. The van der Waals surface area contributed by atoms with Crippen LogP contribution in [0.5, 0.6) is 0 Å². The molecule has 18 heavy (non-hydrogen) atoms. The lowest BCUT2D eigenvalue weighted by Crippen LogP contribution is -2.08. The lowest BCUT2D eigenvalue weighted by Gasteiger charge is -2.00. The molecule has 4 nitrogen and oxygen atoms in total. The Morgan fingerprint density at radius 2 is 2.11 bits per heavy atom. The van der Waals surface area contributed by atoms with Crippen LogP contribution in [0, 0.1) is 0 Å². The van der Waals surface area contributed by atoms with E-state index in [2.05, 4.69) is 15.0 Å². The minimum absolute atomic E-state index is 0.381. The highest BCUT2D eigenvalue weighted by atomic mass is 32.1. The van der Waals surface area contributed by atoms with Gasteiger partial charge >= 0.3 is 0 Å². The van der Waals surface area contributed by atoms with Crippen molar-refractivity contribution in [1.29, 1.82) is 0 Å². The number of rotatable bonds is 2. The third-order valence-electron chi connectivity index (χ3n) is 2.68.